The Balaban J connectivity index is 1.65. The van der Waals surface area contributed by atoms with Crippen LogP contribution in [0, 0.1) is 5.92 Å². The van der Waals surface area contributed by atoms with Gasteiger partial charge in [-0.25, -0.2) is 0 Å². The molecule has 1 aromatic rings. The average Bonchev–Trinajstić information content (AvgIpc) is 2.44. The highest BCUT2D eigenvalue weighted by Crippen LogP contribution is 2.25. The Morgan fingerprint density at radius 3 is 2.35 bits per heavy atom. The van der Waals surface area contributed by atoms with Gasteiger partial charge < -0.3 is 5.32 Å². The summed E-state index contributed by atoms with van der Waals surface area (Å²) in [7, 11) is 0. The van der Waals surface area contributed by atoms with Crippen LogP contribution in [0.2, 0.25) is 5.02 Å². The molecule has 20 heavy (non-hydrogen) atoms. The van der Waals surface area contributed by atoms with Crippen LogP contribution in [0.1, 0.15) is 37.7 Å². The second kappa shape index (κ2) is 6.93. The third kappa shape index (κ3) is 3.75. The predicted molar refractivity (Wildman–Crippen MR) is 85.1 cm³/mol. The van der Waals surface area contributed by atoms with Crippen molar-refractivity contribution in [2.75, 3.05) is 19.6 Å². The minimum Gasteiger partial charge on any atom is -0.316 e. The Labute approximate surface area is 127 Å². The van der Waals surface area contributed by atoms with Gasteiger partial charge in [0.2, 0.25) is 0 Å². The first kappa shape index (κ1) is 14.4. The Bertz CT molecular complexity index is 408. The van der Waals surface area contributed by atoms with E-state index in [4.69, 9.17) is 11.6 Å². The van der Waals surface area contributed by atoms with E-state index in [9.17, 15) is 0 Å². The van der Waals surface area contributed by atoms with Crippen molar-refractivity contribution >= 4 is 11.6 Å². The van der Waals surface area contributed by atoms with E-state index in [-0.39, 0.29) is 0 Å². The summed E-state index contributed by atoms with van der Waals surface area (Å²) < 4.78 is 0. The van der Waals surface area contributed by atoms with Crippen molar-refractivity contribution < 1.29 is 0 Å². The van der Waals surface area contributed by atoms with Crippen LogP contribution in [0.4, 0.5) is 0 Å². The van der Waals surface area contributed by atoms with E-state index in [0.717, 1.165) is 23.5 Å². The van der Waals surface area contributed by atoms with E-state index in [1.807, 2.05) is 12.1 Å². The summed E-state index contributed by atoms with van der Waals surface area (Å²) in [5, 5.41) is 4.23. The van der Waals surface area contributed by atoms with E-state index in [2.05, 4.69) is 22.3 Å². The Hall–Kier alpha value is -0.570. The van der Waals surface area contributed by atoms with Gasteiger partial charge in [0.1, 0.15) is 0 Å². The number of halogens is 1. The Kier molecular flexibility index (Phi) is 4.98. The Morgan fingerprint density at radius 1 is 1.05 bits per heavy atom. The summed E-state index contributed by atoms with van der Waals surface area (Å²) in [6, 6.07) is 9.18. The van der Waals surface area contributed by atoms with Gasteiger partial charge in [-0.3, -0.25) is 4.90 Å². The molecule has 2 nitrogen and oxygen atoms in total. The van der Waals surface area contributed by atoms with Crippen molar-refractivity contribution in [1.29, 1.82) is 0 Å². The molecule has 1 heterocycles. The number of nitrogens with one attached hydrogen (secondary N) is 1. The lowest BCUT2D eigenvalue weighted by Gasteiger charge is -2.39. The molecule has 0 unspecified atom stereocenters. The summed E-state index contributed by atoms with van der Waals surface area (Å²) in [5.41, 5.74) is 1.40. The number of hydrogen-bond donors (Lipinski definition) is 1. The lowest BCUT2D eigenvalue weighted by Crippen LogP contribution is -2.50. The van der Waals surface area contributed by atoms with Crippen LogP contribution < -0.4 is 5.32 Å². The van der Waals surface area contributed by atoms with Crippen LogP contribution in [0.15, 0.2) is 24.3 Å². The van der Waals surface area contributed by atoms with Gasteiger partial charge in [-0.1, -0.05) is 43.0 Å². The number of nitrogens with zero attached hydrogens (tertiary/aromatic N) is 1. The lowest BCUT2D eigenvalue weighted by atomic mass is 9.92. The summed E-state index contributed by atoms with van der Waals surface area (Å²) in [4.78, 5) is 2.73. The molecule has 1 aromatic carbocycles. The van der Waals surface area contributed by atoms with Crippen LogP contribution in [-0.2, 0) is 6.54 Å². The highest BCUT2D eigenvalue weighted by Gasteiger charge is 2.26. The van der Waals surface area contributed by atoms with Crippen LogP contribution in [0.3, 0.4) is 0 Å². The van der Waals surface area contributed by atoms with Crippen molar-refractivity contribution in [3.05, 3.63) is 34.9 Å². The van der Waals surface area contributed by atoms with Crippen LogP contribution in [-0.4, -0.2) is 30.6 Å². The predicted octanol–water partition coefficient (Wildman–Crippen LogP) is 3.69. The van der Waals surface area contributed by atoms with Crippen molar-refractivity contribution in [3.63, 3.8) is 0 Å². The zero-order chi connectivity index (χ0) is 13.8. The first-order valence-corrected chi connectivity index (χ1v) is 8.38. The van der Waals surface area contributed by atoms with Gasteiger partial charge in [-0.2, -0.15) is 0 Å². The van der Waals surface area contributed by atoms with Gasteiger partial charge in [0.05, 0.1) is 0 Å². The molecule has 1 aliphatic carbocycles. The minimum absolute atomic E-state index is 0.792. The van der Waals surface area contributed by atoms with E-state index >= 15 is 0 Å². The maximum absolute atomic E-state index is 5.99. The molecular formula is C17H25ClN2. The first-order chi connectivity index (χ1) is 9.81. The molecule has 2 aliphatic rings. The quantitative estimate of drug-likeness (QED) is 0.890. The molecular weight excluding hydrogens is 268 g/mol. The molecule has 1 saturated heterocycles. The maximum atomic E-state index is 5.99. The molecule has 3 heteroatoms. The smallest absolute Gasteiger partial charge is 0.0406 e. The molecule has 0 aromatic heterocycles. The monoisotopic (exact) mass is 292 g/mol. The minimum atomic E-state index is 0.792. The maximum Gasteiger partial charge on any atom is 0.0406 e. The molecule has 1 aliphatic heterocycles. The largest absolute Gasteiger partial charge is 0.316 e. The Morgan fingerprint density at radius 2 is 1.75 bits per heavy atom. The fraction of sp³-hybridized carbons (Fsp3) is 0.647. The molecule has 0 atom stereocenters. The van der Waals surface area contributed by atoms with Gasteiger partial charge in [-0.15, -0.1) is 0 Å². The number of benzene rings is 1. The molecule has 1 N–H and O–H groups in total. The normalized spacial score (nSPS) is 21.1. The summed E-state index contributed by atoms with van der Waals surface area (Å²) >= 11 is 5.99. The van der Waals surface area contributed by atoms with Crippen LogP contribution >= 0.6 is 11.6 Å². The van der Waals surface area contributed by atoms with E-state index < -0.39 is 0 Å². The number of hydrogen-bond acceptors (Lipinski definition) is 2. The SMILES string of the molecule is Clc1ccc(CN(CC2CNC2)C2CCCCC2)cc1. The lowest BCUT2D eigenvalue weighted by molar-refractivity contribution is 0.109. The zero-order valence-electron chi connectivity index (χ0n) is 12.2. The molecule has 3 rings (SSSR count). The van der Waals surface area contributed by atoms with Crippen molar-refractivity contribution in [2.24, 2.45) is 5.92 Å². The summed E-state index contributed by atoms with van der Waals surface area (Å²) in [6.45, 7) is 4.73. The van der Waals surface area contributed by atoms with E-state index in [1.54, 1.807) is 0 Å². The highest BCUT2D eigenvalue weighted by atomic mass is 35.5. The number of rotatable bonds is 5. The van der Waals surface area contributed by atoms with E-state index in [0.29, 0.717) is 0 Å². The molecule has 0 bridgehead atoms. The molecule has 2 fully saturated rings. The van der Waals surface area contributed by atoms with Gasteiger partial charge in [0.15, 0.2) is 0 Å². The average molecular weight is 293 g/mol. The van der Waals surface area contributed by atoms with Gasteiger partial charge in [-0.05, 0) is 36.5 Å². The van der Waals surface area contributed by atoms with Crippen LogP contribution in [0.25, 0.3) is 0 Å². The van der Waals surface area contributed by atoms with Gasteiger partial charge in [0.25, 0.3) is 0 Å². The van der Waals surface area contributed by atoms with Crippen LogP contribution in [0.5, 0.6) is 0 Å². The summed E-state index contributed by atoms with van der Waals surface area (Å²) in [5.74, 6) is 0.851. The van der Waals surface area contributed by atoms with Gasteiger partial charge in [0, 0.05) is 37.2 Å². The first-order valence-electron chi connectivity index (χ1n) is 8.00. The third-order valence-corrected chi connectivity index (χ3v) is 5.00. The highest BCUT2D eigenvalue weighted by molar-refractivity contribution is 6.30. The summed E-state index contributed by atoms with van der Waals surface area (Å²) in [6.07, 6.45) is 7.01. The molecule has 0 radical (unpaired) electrons. The fourth-order valence-corrected chi connectivity index (χ4v) is 3.55. The van der Waals surface area contributed by atoms with E-state index in [1.165, 1.54) is 57.3 Å². The third-order valence-electron chi connectivity index (χ3n) is 4.75. The van der Waals surface area contributed by atoms with Crippen molar-refractivity contribution in [2.45, 2.75) is 44.7 Å². The fourth-order valence-electron chi connectivity index (χ4n) is 3.42. The second-order valence-corrected chi connectivity index (χ2v) is 6.81. The standard InChI is InChI=1S/C17H25ClN2/c18-16-8-6-14(7-9-16)12-20(13-15-10-19-11-15)17-4-2-1-3-5-17/h6-9,15,17,19H,1-5,10-13H2. The zero-order valence-corrected chi connectivity index (χ0v) is 12.9. The van der Waals surface area contributed by atoms with Crippen molar-refractivity contribution in [1.82, 2.24) is 10.2 Å². The van der Waals surface area contributed by atoms with Crippen molar-refractivity contribution in [3.8, 4) is 0 Å². The molecule has 110 valence electrons. The molecule has 0 amide bonds. The topological polar surface area (TPSA) is 15.3 Å². The molecule has 0 spiro atoms. The molecule has 1 saturated carbocycles. The van der Waals surface area contributed by atoms with Gasteiger partial charge >= 0.3 is 0 Å². The second-order valence-electron chi connectivity index (χ2n) is 6.37.